The normalized spacial score (nSPS) is 30.9. The molecule has 0 spiro atoms. The van der Waals surface area contributed by atoms with Crippen LogP contribution in [0, 0.1) is 11.3 Å². The summed E-state index contributed by atoms with van der Waals surface area (Å²) in [7, 11) is 0. The van der Waals surface area contributed by atoms with Crippen LogP contribution in [0.4, 0.5) is 0 Å². The third-order valence-corrected chi connectivity index (χ3v) is 4.32. The van der Waals surface area contributed by atoms with E-state index in [4.69, 9.17) is 4.74 Å². The van der Waals surface area contributed by atoms with Crippen LogP contribution in [-0.4, -0.2) is 12.7 Å². The summed E-state index contributed by atoms with van der Waals surface area (Å²) in [5.41, 5.74) is 0.442. The van der Waals surface area contributed by atoms with Gasteiger partial charge in [-0.25, -0.2) is 0 Å². The van der Waals surface area contributed by atoms with Gasteiger partial charge in [-0.3, -0.25) is 0 Å². The lowest BCUT2D eigenvalue weighted by molar-refractivity contribution is 0.124. The van der Waals surface area contributed by atoms with Crippen molar-refractivity contribution in [3.05, 3.63) is 0 Å². The van der Waals surface area contributed by atoms with Gasteiger partial charge in [-0.15, -0.1) is 0 Å². The molecule has 1 unspecified atom stereocenters. The van der Waals surface area contributed by atoms with E-state index >= 15 is 0 Å². The molecule has 0 aromatic carbocycles. The Labute approximate surface area is 88.2 Å². The molecule has 0 amide bonds. The summed E-state index contributed by atoms with van der Waals surface area (Å²) >= 11 is 0. The van der Waals surface area contributed by atoms with Crippen molar-refractivity contribution >= 4 is 0 Å². The molecule has 14 heavy (non-hydrogen) atoms. The fraction of sp³-hybridized carbons (Fsp3) is 1.00. The van der Waals surface area contributed by atoms with Crippen LogP contribution in [0.3, 0.4) is 0 Å². The first-order valence-electron chi connectivity index (χ1n) is 6.33. The molecule has 2 fully saturated rings. The van der Waals surface area contributed by atoms with Crippen molar-refractivity contribution in [1.29, 1.82) is 0 Å². The topological polar surface area (TPSA) is 12.5 Å². The molecule has 0 bridgehead atoms. The van der Waals surface area contributed by atoms with Crippen LogP contribution >= 0.6 is 0 Å². The van der Waals surface area contributed by atoms with E-state index in [1.165, 1.54) is 44.9 Å². The van der Waals surface area contributed by atoms with E-state index in [2.05, 4.69) is 13.8 Å². The highest BCUT2D eigenvalue weighted by Crippen LogP contribution is 2.44. The van der Waals surface area contributed by atoms with E-state index < -0.39 is 0 Å². The van der Waals surface area contributed by atoms with Crippen molar-refractivity contribution in [2.75, 3.05) is 6.61 Å². The molecule has 2 aliphatic rings. The zero-order chi connectivity index (χ0) is 10.0. The SMILES string of the molecule is CC(C)(C1CCCCCCC1)C1CO1. The zero-order valence-corrected chi connectivity index (χ0v) is 9.72. The molecule has 1 aliphatic carbocycles. The third-order valence-electron chi connectivity index (χ3n) is 4.32. The summed E-state index contributed by atoms with van der Waals surface area (Å²) in [6.45, 7) is 5.84. The lowest BCUT2D eigenvalue weighted by atomic mass is 9.70. The molecule has 0 aromatic heterocycles. The van der Waals surface area contributed by atoms with E-state index in [0.29, 0.717) is 11.5 Å². The molecule has 1 heteroatoms. The molecule has 1 nitrogen and oxygen atoms in total. The van der Waals surface area contributed by atoms with Crippen molar-refractivity contribution < 1.29 is 4.74 Å². The fourth-order valence-electron chi connectivity index (χ4n) is 2.94. The minimum absolute atomic E-state index is 0.442. The number of hydrogen-bond donors (Lipinski definition) is 0. The highest BCUT2D eigenvalue weighted by molar-refractivity contribution is 4.92. The molecule has 0 aromatic rings. The van der Waals surface area contributed by atoms with Crippen LogP contribution in [-0.2, 0) is 4.74 Å². The van der Waals surface area contributed by atoms with E-state index in [1.807, 2.05) is 0 Å². The summed E-state index contributed by atoms with van der Waals surface area (Å²) in [5.74, 6) is 0.912. The molecule has 2 rings (SSSR count). The Morgan fingerprint density at radius 2 is 1.43 bits per heavy atom. The maximum Gasteiger partial charge on any atom is 0.0863 e. The lowest BCUT2D eigenvalue weighted by Gasteiger charge is -2.34. The smallest absolute Gasteiger partial charge is 0.0863 e. The van der Waals surface area contributed by atoms with Crippen molar-refractivity contribution in [3.8, 4) is 0 Å². The Balaban J connectivity index is 1.92. The fourth-order valence-corrected chi connectivity index (χ4v) is 2.94. The zero-order valence-electron chi connectivity index (χ0n) is 9.72. The van der Waals surface area contributed by atoms with Crippen molar-refractivity contribution in [1.82, 2.24) is 0 Å². The number of rotatable bonds is 2. The van der Waals surface area contributed by atoms with Gasteiger partial charge in [0, 0.05) is 0 Å². The first kappa shape index (κ1) is 10.5. The van der Waals surface area contributed by atoms with Crippen LogP contribution in [0.25, 0.3) is 0 Å². The highest BCUT2D eigenvalue weighted by Gasteiger charge is 2.44. The van der Waals surface area contributed by atoms with Crippen LogP contribution in [0.5, 0.6) is 0 Å². The molecule has 82 valence electrons. The second kappa shape index (κ2) is 4.22. The molecule has 0 radical (unpaired) electrons. The maximum atomic E-state index is 5.50. The lowest BCUT2D eigenvalue weighted by Crippen LogP contribution is -2.30. The quantitative estimate of drug-likeness (QED) is 0.612. The van der Waals surface area contributed by atoms with E-state index in [1.54, 1.807) is 0 Å². The van der Waals surface area contributed by atoms with Crippen molar-refractivity contribution in [3.63, 3.8) is 0 Å². The summed E-state index contributed by atoms with van der Waals surface area (Å²) in [6.07, 6.45) is 10.7. The number of ether oxygens (including phenoxy) is 1. The van der Waals surface area contributed by atoms with Gasteiger partial charge in [-0.2, -0.15) is 0 Å². The number of hydrogen-bond acceptors (Lipinski definition) is 1. The average molecular weight is 196 g/mol. The standard InChI is InChI=1S/C13H24O/c1-13(2,12-10-14-12)11-8-6-4-3-5-7-9-11/h11-12H,3-10H2,1-2H3. The minimum atomic E-state index is 0.442. The predicted octanol–water partition coefficient (Wildman–Crippen LogP) is 3.77. The van der Waals surface area contributed by atoms with Gasteiger partial charge < -0.3 is 4.74 Å². The van der Waals surface area contributed by atoms with Gasteiger partial charge in [0.05, 0.1) is 12.7 Å². The first-order valence-corrected chi connectivity index (χ1v) is 6.33. The second-order valence-electron chi connectivity index (χ2n) is 5.69. The van der Waals surface area contributed by atoms with Gasteiger partial charge >= 0.3 is 0 Å². The third kappa shape index (κ3) is 2.31. The molecule has 1 atom stereocenters. The summed E-state index contributed by atoms with van der Waals surface area (Å²) in [5, 5.41) is 0. The summed E-state index contributed by atoms with van der Waals surface area (Å²) in [4.78, 5) is 0. The predicted molar refractivity (Wildman–Crippen MR) is 59.3 cm³/mol. The molecular formula is C13H24O. The van der Waals surface area contributed by atoms with Crippen molar-refractivity contribution in [2.45, 2.75) is 64.9 Å². The van der Waals surface area contributed by atoms with Crippen LogP contribution in [0.1, 0.15) is 58.8 Å². The molecule has 1 saturated heterocycles. The van der Waals surface area contributed by atoms with Gasteiger partial charge in [0.1, 0.15) is 0 Å². The van der Waals surface area contributed by atoms with Crippen LogP contribution < -0.4 is 0 Å². The highest BCUT2D eigenvalue weighted by atomic mass is 16.6. The van der Waals surface area contributed by atoms with Crippen LogP contribution in [0.15, 0.2) is 0 Å². The molecule has 1 saturated carbocycles. The van der Waals surface area contributed by atoms with Gasteiger partial charge in [-0.05, 0) is 24.2 Å². The maximum absolute atomic E-state index is 5.50. The Morgan fingerprint density at radius 1 is 0.929 bits per heavy atom. The van der Waals surface area contributed by atoms with Gasteiger partial charge in [0.15, 0.2) is 0 Å². The number of epoxide rings is 1. The largest absolute Gasteiger partial charge is 0.373 e. The van der Waals surface area contributed by atoms with Crippen LogP contribution in [0.2, 0.25) is 0 Å². The Hall–Kier alpha value is -0.0400. The second-order valence-corrected chi connectivity index (χ2v) is 5.69. The Bertz CT molecular complexity index is 174. The van der Waals surface area contributed by atoms with Gasteiger partial charge in [0.2, 0.25) is 0 Å². The van der Waals surface area contributed by atoms with Gasteiger partial charge in [0.25, 0.3) is 0 Å². The monoisotopic (exact) mass is 196 g/mol. The van der Waals surface area contributed by atoms with Gasteiger partial charge in [-0.1, -0.05) is 46.0 Å². The van der Waals surface area contributed by atoms with E-state index in [0.717, 1.165) is 12.5 Å². The molecule has 1 aliphatic heterocycles. The van der Waals surface area contributed by atoms with E-state index in [9.17, 15) is 0 Å². The Morgan fingerprint density at radius 3 is 1.93 bits per heavy atom. The first-order chi connectivity index (χ1) is 6.71. The molecule has 1 heterocycles. The molecule has 0 N–H and O–H groups in total. The minimum Gasteiger partial charge on any atom is -0.373 e. The van der Waals surface area contributed by atoms with Crippen molar-refractivity contribution in [2.24, 2.45) is 11.3 Å². The summed E-state index contributed by atoms with van der Waals surface area (Å²) in [6, 6.07) is 0. The summed E-state index contributed by atoms with van der Waals surface area (Å²) < 4.78 is 5.50. The van der Waals surface area contributed by atoms with E-state index in [-0.39, 0.29) is 0 Å². The Kier molecular flexibility index (Phi) is 3.16. The molecular weight excluding hydrogens is 172 g/mol. The average Bonchev–Trinajstić information content (AvgIpc) is 2.83.